The predicted molar refractivity (Wildman–Crippen MR) is 63.9 cm³/mol. The number of allylic oxidation sites excluding steroid dienone is 1. The van der Waals surface area contributed by atoms with Gasteiger partial charge < -0.3 is 0 Å². The summed E-state index contributed by atoms with van der Waals surface area (Å²) >= 11 is 15.2. The fourth-order valence-corrected chi connectivity index (χ4v) is 1.56. The van der Waals surface area contributed by atoms with Gasteiger partial charge in [0.05, 0.1) is 10.0 Å². The van der Waals surface area contributed by atoms with Gasteiger partial charge in [-0.1, -0.05) is 63.4 Å². The Morgan fingerprint density at radius 3 is 2.77 bits per heavy atom. The molecule has 0 fully saturated rings. The topological polar surface area (TPSA) is 0 Å². The molecular weight excluding hydrogens is 271 g/mol. The lowest BCUT2D eigenvalue weighted by atomic mass is 10.2. The molecule has 0 nitrogen and oxygen atoms in total. The van der Waals surface area contributed by atoms with Gasteiger partial charge in [0, 0.05) is 5.33 Å². The average molecular weight is 280 g/mol. The van der Waals surface area contributed by atoms with Crippen molar-refractivity contribution in [2.75, 3.05) is 5.33 Å². The van der Waals surface area contributed by atoms with Crippen molar-refractivity contribution in [3.8, 4) is 0 Å². The Morgan fingerprint density at radius 1 is 1.31 bits per heavy atom. The van der Waals surface area contributed by atoms with Crippen molar-refractivity contribution in [3.05, 3.63) is 39.9 Å². The SMILES string of the molecule is Clc1cccc(/C=C/CCBr)c1Cl. The molecule has 0 radical (unpaired) electrons. The standard InChI is InChI=1S/C10H9BrCl2/c11-7-2-1-4-8-5-3-6-9(12)10(8)13/h1,3-6H,2,7H2/b4-1+. The molecule has 0 spiro atoms. The number of halogens is 3. The van der Waals surface area contributed by atoms with E-state index in [9.17, 15) is 0 Å². The first-order valence-corrected chi connectivity index (χ1v) is 5.80. The molecule has 3 heteroatoms. The smallest absolute Gasteiger partial charge is 0.0664 e. The first-order chi connectivity index (χ1) is 6.25. The molecule has 0 aliphatic heterocycles. The van der Waals surface area contributed by atoms with E-state index in [1.54, 1.807) is 6.07 Å². The summed E-state index contributed by atoms with van der Waals surface area (Å²) in [6.45, 7) is 0. The zero-order valence-corrected chi connectivity index (χ0v) is 10.0. The molecule has 13 heavy (non-hydrogen) atoms. The third-order valence-electron chi connectivity index (χ3n) is 1.55. The van der Waals surface area contributed by atoms with Crippen LogP contribution < -0.4 is 0 Å². The second-order valence-electron chi connectivity index (χ2n) is 2.52. The number of alkyl halides is 1. The maximum absolute atomic E-state index is 5.98. The van der Waals surface area contributed by atoms with E-state index < -0.39 is 0 Å². The van der Waals surface area contributed by atoms with Gasteiger partial charge in [-0.2, -0.15) is 0 Å². The van der Waals surface area contributed by atoms with Crippen LogP contribution in [0.1, 0.15) is 12.0 Å². The van der Waals surface area contributed by atoms with Crippen LogP contribution in [0.25, 0.3) is 6.08 Å². The quantitative estimate of drug-likeness (QED) is 0.698. The zero-order valence-electron chi connectivity index (χ0n) is 6.93. The van der Waals surface area contributed by atoms with Crippen LogP contribution in [0.4, 0.5) is 0 Å². The first-order valence-electron chi connectivity index (χ1n) is 3.92. The highest BCUT2D eigenvalue weighted by Crippen LogP contribution is 2.26. The van der Waals surface area contributed by atoms with Crippen molar-refractivity contribution in [1.29, 1.82) is 0 Å². The molecule has 1 aromatic carbocycles. The zero-order chi connectivity index (χ0) is 9.68. The number of hydrogen-bond donors (Lipinski definition) is 0. The molecule has 1 rings (SSSR count). The second-order valence-corrected chi connectivity index (χ2v) is 4.10. The van der Waals surface area contributed by atoms with Gasteiger partial charge in [0.15, 0.2) is 0 Å². The highest BCUT2D eigenvalue weighted by atomic mass is 79.9. The van der Waals surface area contributed by atoms with Crippen LogP contribution in [0, 0.1) is 0 Å². The van der Waals surface area contributed by atoms with E-state index >= 15 is 0 Å². The summed E-state index contributed by atoms with van der Waals surface area (Å²) in [5, 5.41) is 2.18. The summed E-state index contributed by atoms with van der Waals surface area (Å²) < 4.78 is 0. The van der Waals surface area contributed by atoms with Gasteiger partial charge in [0.25, 0.3) is 0 Å². The van der Waals surface area contributed by atoms with E-state index in [2.05, 4.69) is 22.0 Å². The van der Waals surface area contributed by atoms with E-state index in [4.69, 9.17) is 23.2 Å². The maximum Gasteiger partial charge on any atom is 0.0664 e. The molecule has 0 saturated carbocycles. The molecule has 0 bridgehead atoms. The Kier molecular flexibility index (Phi) is 4.86. The minimum absolute atomic E-state index is 0.600. The van der Waals surface area contributed by atoms with Crippen LogP contribution in [0.15, 0.2) is 24.3 Å². The lowest BCUT2D eigenvalue weighted by Gasteiger charge is -1.99. The average Bonchev–Trinajstić information content (AvgIpc) is 2.13. The van der Waals surface area contributed by atoms with Crippen molar-refractivity contribution in [1.82, 2.24) is 0 Å². The van der Waals surface area contributed by atoms with Gasteiger partial charge in [-0.05, 0) is 18.1 Å². The fraction of sp³-hybridized carbons (Fsp3) is 0.200. The maximum atomic E-state index is 5.98. The van der Waals surface area contributed by atoms with Crippen molar-refractivity contribution in [2.45, 2.75) is 6.42 Å². The van der Waals surface area contributed by atoms with Gasteiger partial charge in [-0.3, -0.25) is 0 Å². The summed E-state index contributed by atoms with van der Waals surface area (Å²) in [5.74, 6) is 0. The molecule has 0 N–H and O–H groups in total. The van der Waals surface area contributed by atoms with Gasteiger partial charge in [-0.25, -0.2) is 0 Å². The normalized spacial score (nSPS) is 11.0. The molecule has 0 saturated heterocycles. The van der Waals surface area contributed by atoms with Crippen LogP contribution in [0.5, 0.6) is 0 Å². The van der Waals surface area contributed by atoms with Crippen molar-refractivity contribution < 1.29 is 0 Å². The first kappa shape index (κ1) is 11.1. The monoisotopic (exact) mass is 278 g/mol. The van der Waals surface area contributed by atoms with E-state index in [1.165, 1.54) is 0 Å². The third-order valence-corrected chi connectivity index (χ3v) is 2.85. The molecule has 0 heterocycles. The van der Waals surface area contributed by atoms with Crippen molar-refractivity contribution >= 4 is 45.2 Å². The number of rotatable bonds is 3. The van der Waals surface area contributed by atoms with Gasteiger partial charge in [0.2, 0.25) is 0 Å². The van der Waals surface area contributed by atoms with E-state index in [0.29, 0.717) is 10.0 Å². The fourth-order valence-electron chi connectivity index (χ4n) is 0.922. The molecule has 0 amide bonds. The lowest BCUT2D eigenvalue weighted by Crippen LogP contribution is -1.76. The molecule has 1 aromatic rings. The molecule has 0 aromatic heterocycles. The predicted octanol–water partition coefficient (Wildman–Crippen LogP) is 4.79. The highest BCUT2D eigenvalue weighted by Gasteiger charge is 1.99. The van der Waals surface area contributed by atoms with Gasteiger partial charge in [-0.15, -0.1) is 0 Å². The Bertz CT molecular complexity index is 308. The number of hydrogen-bond acceptors (Lipinski definition) is 0. The van der Waals surface area contributed by atoms with Gasteiger partial charge >= 0.3 is 0 Å². The highest BCUT2D eigenvalue weighted by molar-refractivity contribution is 9.09. The second kappa shape index (κ2) is 5.69. The molecule has 0 aliphatic carbocycles. The summed E-state index contributed by atoms with van der Waals surface area (Å²) in [7, 11) is 0. The summed E-state index contributed by atoms with van der Waals surface area (Å²) in [5.41, 5.74) is 0.968. The van der Waals surface area contributed by atoms with Crippen LogP contribution >= 0.6 is 39.1 Å². The van der Waals surface area contributed by atoms with E-state index in [-0.39, 0.29) is 0 Å². The molecule has 0 aliphatic rings. The molecule has 70 valence electrons. The van der Waals surface area contributed by atoms with Crippen LogP contribution in [0.3, 0.4) is 0 Å². The minimum atomic E-state index is 0.600. The van der Waals surface area contributed by atoms with Gasteiger partial charge in [0.1, 0.15) is 0 Å². The lowest BCUT2D eigenvalue weighted by molar-refractivity contribution is 1.27. The largest absolute Gasteiger partial charge is 0.0925 e. The van der Waals surface area contributed by atoms with Crippen LogP contribution in [-0.4, -0.2) is 5.33 Å². The summed E-state index contributed by atoms with van der Waals surface area (Å²) in [4.78, 5) is 0. The molecular formula is C10H9BrCl2. The Morgan fingerprint density at radius 2 is 2.08 bits per heavy atom. The van der Waals surface area contributed by atoms with Crippen LogP contribution in [0.2, 0.25) is 10.0 Å². The van der Waals surface area contributed by atoms with Crippen molar-refractivity contribution in [3.63, 3.8) is 0 Å². The number of benzene rings is 1. The van der Waals surface area contributed by atoms with E-state index in [0.717, 1.165) is 17.3 Å². The molecule has 0 atom stereocenters. The van der Waals surface area contributed by atoms with Crippen molar-refractivity contribution in [2.24, 2.45) is 0 Å². The molecule has 0 unspecified atom stereocenters. The Hall–Kier alpha value is 0.0200. The minimum Gasteiger partial charge on any atom is -0.0925 e. The van der Waals surface area contributed by atoms with Crippen LogP contribution in [-0.2, 0) is 0 Å². The summed E-state index contributed by atoms with van der Waals surface area (Å²) in [6, 6.07) is 5.62. The van der Waals surface area contributed by atoms with E-state index in [1.807, 2.05) is 18.2 Å². The Balaban J connectivity index is 2.83. The third kappa shape index (κ3) is 3.34. The summed E-state index contributed by atoms with van der Waals surface area (Å²) in [6.07, 6.45) is 5.03. The Labute approximate surface area is 96.7 Å².